The molecule has 18 heavy (non-hydrogen) atoms. The second kappa shape index (κ2) is 5.35. The molecule has 4 nitrogen and oxygen atoms in total. The minimum Gasteiger partial charge on any atom is -0.424 e. The Hall–Kier alpha value is -1.62. The van der Waals surface area contributed by atoms with E-state index in [-0.39, 0.29) is 0 Å². The Balaban J connectivity index is 2.31. The third-order valence-corrected chi connectivity index (χ3v) is 2.94. The van der Waals surface area contributed by atoms with Crippen molar-refractivity contribution in [3.05, 3.63) is 40.6 Å². The highest BCUT2D eigenvalue weighted by Gasteiger charge is 2.10. The third kappa shape index (κ3) is 2.98. The van der Waals surface area contributed by atoms with Gasteiger partial charge >= 0.3 is 6.01 Å². The zero-order chi connectivity index (χ0) is 13.1. The van der Waals surface area contributed by atoms with Crippen LogP contribution in [0.3, 0.4) is 0 Å². The Labute approximate surface area is 114 Å². The summed E-state index contributed by atoms with van der Waals surface area (Å²) in [6.07, 6.45) is 3.05. The van der Waals surface area contributed by atoms with Crippen molar-refractivity contribution in [2.24, 2.45) is 0 Å². The van der Waals surface area contributed by atoms with Gasteiger partial charge < -0.3 is 10.5 Å². The summed E-state index contributed by atoms with van der Waals surface area (Å²) in [5.74, 6) is 1.12. The van der Waals surface area contributed by atoms with Crippen molar-refractivity contribution < 1.29 is 4.74 Å². The largest absolute Gasteiger partial charge is 0.424 e. The topological polar surface area (TPSA) is 61.0 Å². The number of rotatable bonds is 3. The van der Waals surface area contributed by atoms with Crippen LogP contribution in [0.5, 0.6) is 11.8 Å². The van der Waals surface area contributed by atoms with Crippen LogP contribution in [0.4, 0.5) is 5.69 Å². The van der Waals surface area contributed by atoms with Crippen LogP contribution in [-0.2, 0) is 0 Å². The number of nitrogens with zero attached hydrogens (tertiary/aromatic N) is 2. The number of anilines is 1. The van der Waals surface area contributed by atoms with Crippen LogP contribution in [0.15, 0.2) is 35.1 Å². The van der Waals surface area contributed by atoms with Crippen molar-refractivity contribution in [2.75, 3.05) is 5.73 Å². The summed E-state index contributed by atoms with van der Waals surface area (Å²) in [6.45, 7) is 4.22. The van der Waals surface area contributed by atoms with Gasteiger partial charge in [-0.25, -0.2) is 9.97 Å². The number of nitrogens with two attached hydrogens (primary N) is 1. The minimum absolute atomic E-state index is 0.299. The predicted octanol–water partition coefficient (Wildman–Crippen LogP) is 3.74. The van der Waals surface area contributed by atoms with Crippen LogP contribution >= 0.6 is 15.9 Å². The highest BCUT2D eigenvalue weighted by Crippen LogP contribution is 2.31. The van der Waals surface area contributed by atoms with Gasteiger partial charge in [0.1, 0.15) is 5.75 Å². The maximum Gasteiger partial charge on any atom is 0.322 e. The Morgan fingerprint density at radius 1 is 1.22 bits per heavy atom. The van der Waals surface area contributed by atoms with Crippen molar-refractivity contribution in [1.82, 2.24) is 9.97 Å². The molecule has 1 aromatic heterocycles. The third-order valence-electron chi connectivity index (χ3n) is 2.44. The van der Waals surface area contributed by atoms with Gasteiger partial charge in [0.25, 0.3) is 0 Å². The van der Waals surface area contributed by atoms with Crippen LogP contribution in [-0.4, -0.2) is 9.97 Å². The average molecular weight is 308 g/mol. The molecule has 0 amide bonds. The summed E-state index contributed by atoms with van der Waals surface area (Å²) in [5, 5.41) is 0. The summed E-state index contributed by atoms with van der Waals surface area (Å²) < 4.78 is 6.71. The lowest BCUT2D eigenvalue weighted by molar-refractivity contribution is 0.434. The fourth-order valence-corrected chi connectivity index (χ4v) is 1.92. The molecule has 5 heteroatoms. The molecular formula is C13H14BrN3O. The lowest BCUT2D eigenvalue weighted by Gasteiger charge is -2.13. The van der Waals surface area contributed by atoms with E-state index in [1.165, 1.54) is 12.4 Å². The van der Waals surface area contributed by atoms with E-state index in [9.17, 15) is 0 Å². The molecule has 2 rings (SSSR count). The fraction of sp³-hybridized carbons (Fsp3) is 0.231. The number of hydrogen-bond acceptors (Lipinski definition) is 4. The van der Waals surface area contributed by atoms with Crippen LogP contribution in [0.1, 0.15) is 25.3 Å². The Morgan fingerprint density at radius 2 is 1.89 bits per heavy atom. The first kappa shape index (κ1) is 12.8. The fourth-order valence-electron chi connectivity index (χ4n) is 1.54. The van der Waals surface area contributed by atoms with Crippen molar-refractivity contribution in [3.63, 3.8) is 0 Å². The number of hydrogen-bond donors (Lipinski definition) is 1. The molecule has 0 saturated carbocycles. The second-order valence-corrected chi connectivity index (χ2v) is 5.15. The van der Waals surface area contributed by atoms with E-state index < -0.39 is 0 Å². The van der Waals surface area contributed by atoms with E-state index >= 15 is 0 Å². The first-order valence-corrected chi connectivity index (χ1v) is 6.40. The monoisotopic (exact) mass is 307 g/mol. The minimum atomic E-state index is 0.299. The van der Waals surface area contributed by atoms with E-state index in [4.69, 9.17) is 10.5 Å². The lowest BCUT2D eigenvalue weighted by atomic mass is 10.0. The van der Waals surface area contributed by atoms with Crippen LogP contribution in [0.2, 0.25) is 0 Å². The molecule has 2 N–H and O–H groups in total. The van der Waals surface area contributed by atoms with Gasteiger partial charge in [-0.2, -0.15) is 0 Å². The van der Waals surface area contributed by atoms with E-state index in [0.717, 1.165) is 15.8 Å². The summed E-state index contributed by atoms with van der Waals surface area (Å²) in [7, 11) is 0. The predicted molar refractivity (Wildman–Crippen MR) is 74.7 cm³/mol. The van der Waals surface area contributed by atoms with Gasteiger partial charge in [0.15, 0.2) is 0 Å². The average Bonchev–Trinajstić information content (AvgIpc) is 2.34. The number of nitrogen functional groups attached to an aromatic ring is 1. The van der Waals surface area contributed by atoms with Gasteiger partial charge in [0.05, 0.1) is 18.1 Å². The van der Waals surface area contributed by atoms with Crippen LogP contribution in [0.25, 0.3) is 0 Å². The van der Waals surface area contributed by atoms with Gasteiger partial charge in [-0.3, -0.25) is 0 Å². The van der Waals surface area contributed by atoms with Gasteiger partial charge in [-0.1, -0.05) is 29.8 Å². The first-order chi connectivity index (χ1) is 8.56. The molecule has 0 saturated heterocycles. The molecule has 0 aliphatic carbocycles. The number of ether oxygens (including phenoxy) is 1. The lowest BCUT2D eigenvalue weighted by Crippen LogP contribution is -1.98. The van der Waals surface area contributed by atoms with E-state index in [2.05, 4.69) is 39.7 Å². The van der Waals surface area contributed by atoms with Gasteiger partial charge in [0.2, 0.25) is 0 Å². The molecule has 0 bridgehead atoms. The van der Waals surface area contributed by atoms with Crippen molar-refractivity contribution >= 4 is 21.6 Å². The van der Waals surface area contributed by atoms with Crippen molar-refractivity contribution in [3.8, 4) is 11.8 Å². The van der Waals surface area contributed by atoms with Crippen molar-refractivity contribution in [1.29, 1.82) is 0 Å². The standard InChI is InChI=1S/C13H14BrN3O/c1-8(2)11-5-9(14)3-4-12(11)18-13-16-6-10(15)7-17-13/h3-8H,15H2,1-2H3. The van der Waals surface area contributed by atoms with Gasteiger partial charge in [0, 0.05) is 4.47 Å². The summed E-state index contributed by atoms with van der Waals surface area (Å²) >= 11 is 3.46. The molecule has 1 heterocycles. The second-order valence-electron chi connectivity index (χ2n) is 4.24. The molecule has 2 aromatic rings. The Kier molecular flexibility index (Phi) is 3.81. The molecule has 0 spiro atoms. The SMILES string of the molecule is CC(C)c1cc(Br)ccc1Oc1ncc(N)cn1. The van der Waals surface area contributed by atoms with Crippen LogP contribution < -0.4 is 10.5 Å². The maximum absolute atomic E-state index is 5.68. The van der Waals surface area contributed by atoms with E-state index in [0.29, 0.717) is 17.6 Å². The highest BCUT2D eigenvalue weighted by molar-refractivity contribution is 9.10. The molecule has 94 valence electrons. The van der Waals surface area contributed by atoms with E-state index in [1.54, 1.807) is 0 Å². The molecule has 0 fully saturated rings. The number of benzene rings is 1. The molecule has 0 aliphatic rings. The zero-order valence-corrected chi connectivity index (χ0v) is 11.8. The molecule has 1 aromatic carbocycles. The van der Waals surface area contributed by atoms with E-state index in [1.807, 2.05) is 18.2 Å². The summed E-state index contributed by atoms with van der Waals surface area (Å²) in [4.78, 5) is 8.05. The van der Waals surface area contributed by atoms with Crippen molar-refractivity contribution in [2.45, 2.75) is 19.8 Å². The number of halogens is 1. The normalized spacial score (nSPS) is 10.7. The highest BCUT2D eigenvalue weighted by atomic mass is 79.9. The number of aromatic nitrogens is 2. The Bertz CT molecular complexity index is 540. The maximum atomic E-state index is 5.68. The van der Waals surface area contributed by atoms with Crippen LogP contribution in [0, 0.1) is 0 Å². The summed E-state index contributed by atoms with van der Waals surface area (Å²) in [5.41, 5.74) is 7.15. The molecule has 0 atom stereocenters. The van der Waals surface area contributed by atoms with Gasteiger partial charge in [-0.15, -0.1) is 0 Å². The molecular weight excluding hydrogens is 294 g/mol. The Morgan fingerprint density at radius 3 is 2.50 bits per heavy atom. The molecule has 0 radical (unpaired) electrons. The summed E-state index contributed by atoms with van der Waals surface area (Å²) in [6, 6.07) is 6.17. The first-order valence-electron chi connectivity index (χ1n) is 5.61. The smallest absolute Gasteiger partial charge is 0.322 e. The quantitative estimate of drug-likeness (QED) is 0.938. The van der Waals surface area contributed by atoms with Gasteiger partial charge in [-0.05, 0) is 29.7 Å². The molecule has 0 unspecified atom stereocenters. The zero-order valence-electron chi connectivity index (χ0n) is 10.2. The molecule has 0 aliphatic heterocycles.